The Morgan fingerprint density at radius 2 is 1.77 bits per heavy atom. The Balaban J connectivity index is 0.865. The molecule has 390 valence electrons. The lowest BCUT2D eigenvalue weighted by Crippen LogP contribution is -2.60. The number of aromatic amines is 1. The molecule has 10 rings (SSSR count). The molecule has 1 amide bonds. The number of hydrogen-bond acceptors (Lipinski definition) is 14. The summed E-state index contributed by atoms with van der Waals surface area (Å²) in [6, 6.07) is 16.6. The van der Waals surface area contributed by atoms with Gasteiger partial charge in [0.2, 0.25) is 10.0 Å². The summed E-state index contributed by atoms with van der Waals surface area (Å²) in [5, 5.41) is 26.2. The molecule has 21 heteroatoms. The van der Waals surface area contributed by atoms with Crippen LogP contribution in [0.1, 0.15) is 113 Å². The maximum atomic E-state index is 14.7. The summed E-state index contributed by atoms with van der Waals surface area (Å²) in [5.74, 6) is -1.21. The number of sulfonamides is 2. The number of ether oxygens (including phenoxy) is 2. The number of aliphatic hydroxyl groups is 1. The van der Waals surface area contributed by atoms with Crippen LogP contribution in [0, 0.1) is 27.3 Å². The molecule has 2 saturated carbocycles. The number of aromatic nitrogens is 2. The number of nitrogens with zero attached hydrogens (tertiary/aromatic N) is 5. The predicted octanol–water partition coefficient (Wildman–Crippen LogP) is 8.22. The lowest BCUT2D eigenvalue weighted by molar-refractivity contribution is -0.384. The monoisotopic (exact) mass is 1040 g/mol. The van der Waals surface area contributed by atoms with Crippen LogP contribution in [0.2, 0.25) is 0 Å². The second kappa shape index (κ2) is 19.4. The molecule has 5 heterocycles. The summed E-state index contributed by atoms with van der Waals surface area (Å²) >= 11 is 0. The molecular weight excluding hydrogens is 980 g/mol. The number of H-pyrrole nitrogens is 1. The van der Waals surface area contributed by atoms with E-state index >= 15 is 0 Å². The Morgan fingerprint density at radius 1 is 1.03 bits per heavy atom. The zero-order chi connectivity index (χ0) is 51.6. The molecule has 0 bridgehead atoms. The van der Waals surface area contributed by atoms with Gasteiger partial charge in [0.05, 0.1) is 44.4 Å². The van der Waals surface area contributed by atoms with E-state index in [0.29, 0.717) is 70.1 Å². The normalized spacial score (nSPS) is 23.9. The van der Waals surface area contributed by atoms with Crippen molar-refractivity contribution in [2.75, 3.05) is 55.3 Å². The van der Waals surface area contributed by atoms with Crippen LogP contribution >= 0.6 is 0 Å². The van der Waals surface area contributed by atoms with Crippen LogP contribution in [0.5, 0.6) is 17.2 Å². The average molecular weight is 1040 g/mol. The minimum atomic E-state index is -4.75. The number of halogens is 1. The topological polar surface area (TPSA) is 230 Å². The van der Waals surface area contributed by atoms with Gasteiger partial charge in [0, 0.05) is 74.9 Å². The Kier molecular flexibility index (Phi) is 13.5. The summed E-state index contributed by atoms with van der Waals surface area (Å²) < 4.78 is 85.0. The number of carbonyl (C=O) groups is 1. The molecule has 18 nitrogen and oxygen atoms in total. The van der Waals surface area contributed by atoms with Crippen molar-refractivity contribution in [3.05, 3.63) is 106 Å². The van der Waals surface area contributed by atoms with Gasteiger partial charge in [-0.3, -0.25) is 19.8 Å². The molecule has 4 fully saturated rings. The standard InChI is InChI=1S/C52H63FN8O10S2/c1-5-72(66,67)59-20-21-60(45(30-59)39-9-7-6-8-38(39)32(2)3)35-26-52(27-35)16-18-58(19-17-52)34-10-11-40(46(22-34)71-36-23-41-42(53)29-55-49(41)54-28-36)50(62)57-73(68,69)37-24-44(61(64)65)48-47(25-37)70-31-43(56-48)33-12-14-51(4,63)15-13-33/h6-11,22-25,28-29,32-33,35,43,45,56,63H,5,12-21,26-27,30-31H2,1-4H3,(H,54,55)(H,57,62)/t33-,43-,45+,51-/m1/s1. The van der Waals surface area contributed by atoms with Crippen LogP contribution in [-0.2, 0) is 20.0 Å². The van der Waals surface area contributed by atoms with Gasteiger partial charge >= 0.3 is 0 Å². The summed E-state index contributed by atoms with van der Waals surface area (Å²) in [5.41, 5.74) is 2.06. The molecule has 2 atom stereocenters. The predicted molar refractivity (Wildman–Crippen MR) is 274 cm³/mol. The number of nitro groups is 1. The molecule has 5 aliphatic rings. The van der Waals surface area contributed by atoms with Gasteiger partial charge in [-0.05, 0) is 112 Å². The molecule has 5 aromatic rings. The molecule has 3 aromatic carbocycles. The van der Waals surface area contributed by atoms with Crippen LogP contribution in [0.15, 0.2) is 78.0 Å². The van der Waals surface area contributed by atoms with Crippen molar-refractivity contribution in [3.63, 3.8) is 0 Å². The van der Waals surface area contributed by atoms with Gasteiger partial charge in [-0.15, -0.1) is 0 Å². The first-order valence-electron chi connectivity index (χ1n) is 25.3. The molecule has 1 spiro atoms. The van der Waals surface area contributed by atoms with Crippen LogP contribution in [0.3, 0.4) is 0 Å². The number of hydrogen-bond donors (Lipinski definition) is 4. The van der Waals surface area contributed by atoms with Gasteiger partial charge in [0.15, 0.2) is 11.4 Å². The Morgan fingerprint density at radius 3 is 2.48 bits per heavy atom. The van der Waals surface area contributed by atoms with Crippen LogP contribution in [-0.4, -0.2) is 115 Å². The number of piperidine rings is 1. The quantitative estimate of drug-likeness (QED) is 0.0644. The first-order chi connectivity index (χ1) is 34.7. The Bertz CT molecular complexity index is 3160. The third-order valence-electron chi connectivity index (χ3n) is 16.2. The van der Waals surface area contributed by atoms with E-state index in [1.165, 1.54) is 29.5 Å². The van der Waals surface area contributed by atoms with Gasteiger partial charge in [-0.25, -0.2) is 30.9 Å². The molecule has 2 aliphatic carbocycles. The first kappa shape index (κ1) is 50.7. The largest absolute Gasteiger partial charge is 0.489 e. The smallest absolute Gasteiger partial charge is 0.297 e. The first-order valence-corrected chi connectivity index (χ1v) is 28.3. The maximum absolute atomic E-state index is 14.7. The number of rotatable bonds is 13. The second-order valence-electron chi connectivity index (χ2n) is 21.2. The van der Waals surface area contributed by atoms with Crippen molar-refractivity contribution >= 4 is 54.0 Å². The number of fused-ring (bicyclic) bond motifs is 2. The third kappa shape index (κ3) is 10.1. The number of nitro benzene ring substituents is 1. The van der Waals surface area contributed by atoms with Crippen LogP contribution < -0.4 is 24.4 Å². The molecule has 3 aliphatic heterocycles. The van der Waals surface area contributed by atoms with E-state index in [0.717, 1.165) is 44.0 Å². The minimum Gasteiger partial charge on any atom is -0.489 e. The van der Waals surface area contributed by atoms with Crippen LogP contribution in [0.25, 0.3) is 11.0 Å². The number of pyridine rings is 1. The Labute approximate surface area is 424 Å². The van der Waals surface area contributed by atoms with Gasteiger partial charge < -0.3 is 29.8 Å². The van der Waals surface area contributed by atoms with Crippen molar-refractivity contribution in [3.8, 4) is 17.2 Å². The number of piperazine rings is 1. The summed E-state index contributed by atoms with van der Waals surface area (Å²) in [6.45, 7) is 10.8. The van der Waals surface area contributed by atoms with E-state index in [4.69, 9.17) is 9.47 Å². The number of benzene rings is 3. The van der Waals surface area contributed by atoms with Crippen molar-refractivity contribution in [1.29, 1.82) is 0 Å². The number of amides is 1. The fraction of sp³-hybridized carbons (Fsp3) is 0.500. The fourth-order valence-corrected chi connectivity index (χ4v) is 14.0. The third-order valence-corrected chi connectivity index (χ3v) is 19.4. The molecule has 2 saturated heterocycles. The zero-order valence-electron chi connectivity index (χ0n) is 41.5. The highest BCUT2D eigenvalue weighted by Crippen LogP contribution is 2.54. The number of nitrogens with one attached hydrogen (secondary N) is 3. The SMILES string of the molecule is CCS(=O)(=O)N1CCN(C2CC3(CCN(c4ccc(C(=O)NS(=O)(=O)c5cc6c(c([N+](=O)[O-])c5)N[C@@H]([C@H]5CC[C@](C)(O)CC5)CO6)c(Oc5cnc6[nH]cc(F)c6c5)c4)CC3)C2)[C@H](c2ccccc2C(C)C)C1. The van der Waals surface area contributed by atoms with E-state index in [1.807, 2.05) is 12.1 Å². The average Bonchev–Trinajstić information content (AvgIpc) is 3.73. The van der Waals surface area contributed by atoms with Gasteiger partial charge in [-0.1, -0.05) is 38.1 Å². The van der Waals surface area contributed by atoms with E-state index in [1.54, 1.807) is 30.3 Å². The van der Waals surface area contributed by atoms with Gasteiger partial charge in [0.1, 0.15) is 29.6 Å². The lowest BCUT2D eigenvalue weighted by Gasteiger charge is -2.58. The number of anilines is 2. The van der Waals surface area contributed by atoms with Gasteiger partial charge in [-0.2, -0.15) is 4.31 Å². The van der Waals surface area contributed by atoms with E-state index in [9.17, 15) is 41.2 Å². The molecule has 73 heavy (non-hydrogen) atoms. The molecule has 0 unspecified atom stereocenters. The highest BCUT2D eigenvalue weighted by molar-refractivity contribution is 7.90. The van der Waals surface area contributed by atoms with E-state index in [2.05, 4.69) is 55.8 Å². The zero-order valence-corrected chi connectivity index (χ0v) is 43.1. The van der Waals surface area contributed by atoms with Crippen molar-refractivity contribution in [2.45, 2.75) is 114 Å². The maximum Gasteiger partial charge on any atom is 0.297 e. The molecule has 2 aromatic heterocycles. The molecular formula is C52H63FN8O10S2. The minimum absolute atomic E-state index is 0.0255. The molecule has 0 radical (unpaired) electrons. The summed E-state index contributed by atoms with van der Waals surface area (Å²) in [6.07, 6.45) is 8.78. The van der Waals surface area contributed by atoms with E-state index < -0.39 is 52.9 Å². The van der Waals surface area contributed by atoms with E-state index in [-0.39, 0.29) is 81.2 Å². The Hall–Kier alpha value is -5.87. The van der Waals surface area contributed by atoms with Crippen LogP contribution in [0.4, 0.5) is 21.5 Å². The fourth-order valence-electron chi connectivity index (χ4n) is 11.9. The second-order valence-corrected chi connectivity index (χ2v) is 25.2. The van der Waals surface area contributed by atoms with Gasteiger partial charge in [0.25, 0.3) is 21.6 Å². The highest BCUT2D eigenvalue weighted by atomic mass is 32.2. The molecule has 4 N–H and O–H groups in total. The van der Waals surface area contributed by atoms with Crippen molar-refractivity contribution in [2.24, 2.45) is 11.3 Å². The lowest BCUT2D eigenvalue weighted by atomic mass is 9.59. The summed E-state index contributed by atoms with van der Waals surface area (Å²) in [7, 11) is -8.12. The number of carbonyl (C=O) groups excluding carboxylic acids is 1. The van der Waals surface area contributed by atoms with Crippen molar-refractivity contribution in [1.82, 2.24) is 23.9 Å². The van der Waals surface area contributed by atoms with Crippen molar-refractivity contribution < 1.29 is 45.5 Å². The summed E-state index contributed by atoms with van der Waals surface area (Å²) in [4.78, 5) is 37.1. The highest BCUT2D eigenvalue weighted by Gasteiger charge is 2.51.